The summed E-state index contributed by atoms with van der Waals surface area (Å²) in [6.45, 7) is 0.678. The number of nitrogens with zero attached hydrogens (tertiary/aromatic N) is 4. The lowest BCUT2D eigenvalue weighted by Gasteiger charge is -2.27. The molecule has 6 nitrogen and oxygen atoms in total. The molecule has 0 amide bonds. The van der Waals surface area contributed by atoms with Gasteiger partial charge in [0.25, 0.3) is 0 Å². The average molecular weight is 318 g/mol. The highest BCUT2D eigenvalue weighted by molar-refractivity contribution is 8.16. The molecule has 3 heterocycles. The maximum atomic E-state index is 13.3. The zero-order chi connectivity index (χ0) is 15.3. The second kappa shape index (κ2) is 4.91. The van der Waals surface area contributed by atoms with Crippen molar-refractivity contribution < 1.29 is 14.3 Å². The van der Waals surface area contributed by atoms with Gasteiger partial charge in [0.2, 0.25) is 0 Å². The third-order valence-corrected chi connectivity index (χ3v) is 4.95. The molecule has 0 spiro atoms. The van der Waals surface area contributed by atoms with Gasteiger partial charge in [-0.05, 0) is 30.2 Å². The predicted octanol–water partition coefficient (Wildman–Crippen LogP) is 1.55. The second-order valence-corrected chi connectivity index (χ2v) is 6.22. The number of rotatable bonds is 1. The summed E-state index contributed by atoms with van der Waals surface area (Å²) in [6, 6.07) is 4.27. The molecule has 1 N–H and O–H groups in total. The molecular weight excluding hydrogens is 307 g/mol. The number of carboxylic acid groups (broad SMARTS) is 1. The Morgan fingerprint density at radius 3 is 3.14 bits per heavy atom. The summed E-state index contributed by atoms with van der Waals surface area (Å²) in [5.41, 5.74) is 1.83. The van der Waals surface area contributed by atoms with Gasteiger partial charge in [0, 0.05) is 12.2 Å². The number of benzene rings is 1. The van der Waals surface area contributed by atoms with E-state index >= 15 is 0 Å². The molecule has 0 saturated heterocycles. The first-order valence-electron chi connectivity index (χ1n) is 6.76. The van der Waals surface area contributed by atoms with E-state index in [1.807, 2.05) is 4.90 Å². The molecule has 4 rings (SSSR count). The molecule has 3 aliphatic rings. The first-order chi connectivity index (χ1) is 10.6. The van der Waals surface area contributed by atoms with Crippen molar-refractivity contribution in [2.24, 2.45) is 15.0 Å². The van der Waals surface area contributed by atoms with Gasteiger partial charge in [-0.3, -0.25) is 9.98 Å². The van der Waals surface area contributed by atoms with E-state index in [-0.39, 0.29) is 16.2 Å². The fraction of sp³-hybridized carbons (Fsp3) is 0.286. The van der Waals surface area contributed by atoms with Crippen LogP contribution in [0.5, 0.6) is 0 Å². The molecule has 22 heavy (non-hydrogen) atoms. The van der Waals surface area contributed by atoms with Crippen LogP contribution in [0.1, 0.15) is 5.56 Å². The van der Waals surface area contributed by atoms with E-state index in [1.165, 1.54) is 18.5 Å². The largest absolute Gasteiger partial charge is 0.476 e. The van der Waals surface area contributed by atoms with Crippen molar-refractivity contribution in [3.8, 4) is 0 Å². The SMILES string of the molecule is O=C(O)C1=NC2C(N3CCc4cc(F)ccc43)=NC=NC2S1. The van der Waals surface area contributed by atoms with E-state index in [4.69, 9.17) is 5.11 Å². The van der Waals surface area contributed by atoms with Gasteiger partial charge in [-0.25, -0.2) is 14.2 Å². The summed E-state index contributed by atoms with van der Waals surface area (Å²) in [4.78, 5) is 25.8. The van der Waals surface area contributed by atoms with E-state index < -0.39 is 12.0 Å². The van der Waals surface area contributed by atoms with Gasteiger partial charge in [0.1, 0.15) is 29.4 Å². The maximum absolute atomic E-state index is 13.3. The van der Waals surface area contributed by atoms with Gasteiger partial charge in [-0.2, -0.15) is 0 Å². The number of fused-ring (bicyclic) bond motifs is 2. The number of aliphatic imine (C=N–C) groups is 3. The molecule has 1 aromatic rings. The van der Waals surface area contributed by atoms with Crippen LogP contribution in [0.25, 0.3) is 0 Å². The molecule has 112 valence electrons. The number of thioether (sulfide) groups is 1. The number of aliphatic carboxylic acids is 1. The number of halogens is 1. The standard InChI is InChI=1S/C14H11FN4O2S/c15-8-1-2-9-7(5-8)3-4-19(9)11-10-12(17-6-16-11)22-13(18-10)14(20)21/h1-2,5-6,10,12H,3-4H2,(H,20,21). The zero-order valence-corrected chi connectivity index (χ0v) is 12.1. The normalized spacial score (nSPS) is 25.6. The Kier molecular flexibility index (Phi) is 3.00. The van der Waals surface area contributed by atoms with Crippen molar-refractivity contribution in [1.29, 1.82) is 0 Å². The van der Waals surface area contributed by atoms with E-state index in [2.05, 4.69) is 15.0 Å². The molecule has 0 aliphatic carbocycles. The van der Waals surface area contributed by atoms with E-state index in [0.717, 1.165) is 29.4 Å². The number of carboxylic acids is 1. The third-order valence-electron chi connectivity index (χ3n) is 3.82. The quantitative estimate of drug-likeness (QED) is 0.852. The smallest absolute Gasteiger partial charge is 0.360 e. The second-order valence-electron chi connectivity index (χ2n) is 5.12. The van der Waals surface area contributed by atoms with Crippen molar-refractivity contribution >= 4 is 40.6 Å². The highest BCUT2D eigenvalue weighted by atomic mass is 32.2. The Morgan fingerprint density at radius 2 is 2.32 bits per heavy atom. The number of hydrogen-bond donors (Lipinski definition) is 1. The van der Waals surface area contributed by atoms with Gasteiger partial charge >= 0.3 is 5.97 Å². The lowest BCUT2D eigenvalue weighted by Crippen LogP contribution is -2.42. The van der Waals surface area contributed by atoms with Crippen LogP contribution in [0.3, 0.4) is 0 Å². The number of carbonyl (C=O) groups is 1. The van der Waals surface area contributed by atoms with E-state index in [9.17, 15) is 9.18 Å². The molecule has 2 unspecified atom stereocenters. The third kappa shape index (κ3) is 2.02. The van der Waals surface area contributed by atoms with E-state index in [0.29, 0.717) is 12.4 Å². The van der Waals surface area contributed by atoms with E-state index in [1.54, 1.807) is 6.07 Å². The molecule has 3 aliphatic heterocycles. The molecular formula is C14H11FN4O2S. The summed E-state index contributed by atoms with van der Waals surface area (Å²) < 4.78 is 13.3. The molecule has 0 fully saturated rings. The summed E-state index contributed by atoms with van der Waals surface area (Å²) in [6.07, 6.45) is 2.18. The Bertz CT molecular complexity index is 761. The number of amidine groups is 1. The van der Waals surface area contributed by atoms with Crippen molar-refractivity contribution in [3.63, 3.8) is 0 Å². The molecule has 0 bridgehead atoms. The van der Waals surface area contributed by atoms with Crippen molar-refractivity contribution in [2.75, 3.05) is 11.4 Å². The van der Waals surface area contributed by atoms with Crippen molar-refractivity contribution in [2.45, 2.75) is 17.8 Å². The summed E-state index contributed by atoms with van der Waals surface area (Å²) >= 11 is 1.13. The molecule has 0 radical (unpaired) electrons. The van der Waals surface area contributed by atoms with Crippen LogP contribution in [-0.4, -0.2) is 46.3 Å². The number of anilines is 1. The fourth-order valence-electron chi connectivity index (χ4n) is 2.87. The summed E-state index contributed by atoms with van der Waals surface area (Å²) in [5.74, 6) is -0.625. The van der Waals surface area contributed by atoms with Crippen LogP contribution >= 0.6 is 11.8 Å². The molecule has 0 saturated carbocycles. The first-order valence-corrected chi connectivity index (χ1v) is 7.64. The number of hydrogen-bond acceptors (Lipinski definition) is 6. The van der Waals surface area contributed by atoms with Crippen LogP contribution < -0.4 is 4.90 Å². The first kappa shape index (κ1) is 13.4. The Morgan fingerprint density at radius 1 is 1.45 bits per heavy atom. The predicted molar refractivity (Wildman–Crippen MR) is 83.6 cm³/mol. The van der Waals surface area contributed by atoms with Gasteiger partial charge in [-0.1, -0.05) is 11.8 Å². The van der Waals surface area contributed by atoms with Crippen LogP contribution in [0.4, 0.5) is 10.1 Å². The topological polar surface area (TPSA) is 77.6 Å². The van der Waals surface area contributed by atoms with Gasteiger partial charge in [0.05, 0.1) is 0 Å². The Hall–Kier alpha value is -2.22. The minimum Gasteiger partial charge on any atom is -0.476 e. The van der Waals surface area contributed by atoms with Crippen LogP contribution in [0.15, 0.2) is 33.2 Å². The molecule has 1 aromatic carbocycles. The van der Waals surface area contributed by atoms with Gasteiger partial charge in [0.15, 0.2) is 5.04 Å². The highest BCUT2D eigenvalue weighted by Crippen LogP contribution is 2.35. The van der Waals surface area contributed by atoms with Gasteiger partial charge in [-0.15, -0.1) is 0 Å². The lowest BCUT2D eigenvalue weighted by atomic mass is 10.1. The zero-order valence-electron chi connectivity index (χ0n) is 11.3. The lowest BCUT2D eigenvalue weighted by molar-refractivity contribution is -0.129. The Labute approximate surface area is 129 Å². The van der Waals surface area contributed by atoms with Crippen LogP contribution in [0, 0.1) is 5.82 Å². The maximum Gasteiger partial charge on any atom is 0.360 e. The molecule has 2 atom stereocenters. The van der Waals surface area contributed by atoms with Crippen molar-refractivity contribution in [3.05, 3.63) is 29.6 Å². The summed E-state index contributed by atoms with van der Waals surface area (Å²) in [5, 5.41) is 8.87. The average Bonchev–Trinajstić information content (AvgIpc) is 3.09. The monoisotopic (exact) mass is 318 g/mol. The van der Waals surface area contributed by atoms with Crippen LogP contribution in [-0.2, 0) is 11.2 Å². The molecule has 8 heteroatoms. The fourth-order valence-corrected chi connectivity index (χ4v) is 3.81. The molecule has 0 aromatic heterocycles. The Balaban J connectivity index is 1.71. The minimum atomic E-state index is -1.04. The van der Waals surface area contributed by atoms with Crippen LogP contribution in [0.2, 0.25) is 0 Å². The van der Waals surface area contributed by atoms with Gasteiger partial charge < -0.3 is 10.0 Å². The summed E-state index contributed by atoms with van der Waals surface area (Å²) in [7, 11) is 0. The highest BCUT2D eigenvalue weighted by Gasteiger charge is 2.41. The van der Waals surface area contributed by atoms with Crippen molar-refractivity contribution in [1.82, 2.24) is 0 Å². The minimum absolute atomic E-state index is 0.0558.